The van der Waals surface area contributed by atoms with E-state index in [1.165, 1.54) is 20.5 Å². The van der Waals surface area contributed by atoms with E-state index in [2.05, 4.69) is 41.7 Å². The van der Waals surface area contributed by atoms with Crippen LogP contribution in [0.15, 0.2) is 72.8 Å². The van der Waals surface area contributed by atoms with E-state index in [4.69, 9.17) is 4.74 Å². The molecule has 0 atom stereocenters. The van der Waals surface area contributed by atoms with Gasteiger partial charge in [-0.25, -0.2) is 0 Å². The van der Waals surface area contributed by atoms with Crippen LogP contribution in [0.25, 0.3) is 21.2 Å². The number of fused-ring (bicyclic) bond motifs is 1. The molecule has 0 bridgehead atoms. The van der Waals surface area contributed by atoms with Crippen molar-refractivity contribution in [2.24, 2.45) is 0 Å². The summed E-state index contributed by atoms with van der Waals surface area (Å²) in [7, 11) is 1.62. The molecule has 4 aromatic rings. The van der Waals surface area contributed by atoms with E-state index in [0.29, 0.717) is 18.7 Å². The van der Waals surface area contributed by atoms with E-state index in [1.807, 2.05) is 36.4 Å². The Morgan fingerprint density at radius 3 is 2.65 bits per heavy atom. The van der Waals surface area contributed by atoms with Gasteiger partial charge >= 0.3 is 0 Å². The first-order valence-electron chi connectivity index (χ1n) is 10.3. The lowest BCUT2D eigenvalue weighted by Gasteiger charge is -2.08. The predicted octanol–water partition coefficient (Wildman–Crippen LogP) is 5.03. The molecule has 3 aromatic carbocycles. The molecule has 1 aromatic heterocycles. The van der Waals surface area contributed by atoms with Crippen molar-refractivity contribution in [3.63, 3.8) is 0 Å². The van der Waals surface area contributed by atoms with E-state index >= 15 is 0 Å². The summed E-state index contributed by atoms with van der Waals surface area (Å²) in [6.07, 6.45) is 0.828. The first-order chi connectivity index (χ1) is 15.2. The highest BCUT2D eigenvalue weighted by atomic mass is 32.1. The Hall–Kier alpha value is -2.99. The number of thiophene rings is 1. The van der Waals surface area contributed by atoms with Crippen molar-refractivity contribution in [2.45, 2.75) is 13.0 Å². The maximum absolute atomic E-state index is 12.4. The monoisotopic (exact) mass is 431 g/mol. The van der Waals surface area contributed by atoms with Gasteiger partial charge in [0.05, 0.1) is 13.2 Å². The molecule has 5 heteroatoms. The third-order valence-electron chi connectivity index (χ3n) is 5.17. The zero-order valence-corrected chi connectivity index (χ0v) is 18.2. The van der Waals surface area contributed by atoms with Gasteiger partial charge in [-0.15, -0.1) is 11.3 Å². The molecule has 1 amide bonds. The molecular formula is C26H25NO3S. The highest BCUT2D eigenvalue weighted by Crippen LogP contribution is 2.36. The van der Waals surface area contributed by atoms with Gasteiger partial charge in [-0.1, -0.05) is 54.6 Å². The molecule has 31 heavy (non-hydrogen) atoms. The molecule has 4 nitrogen and oxygen atoms in total. The number of aliphatic hydroxyl groups excluding tert-OH is 1. The van der Waals surface area contributed by atoms with Crippen molar-refractivity contribution < 1.29 is 14.6 Å². The SMILES string of the molecule is COCCNC(=O)c1cccc(-c2cccc3cc(Cc4cccc(CO)c4)sc23)c1. The summed E-state index contributed by atoms with van der Waals surface area (Å²) >= 11 is 1.78. The van der Waals surface area contributed by atoms with Crippen LogP contribution in [-0.2, 0) is 17.8 Å². The zero-order chi connectivity index (χ0) is 21.6. The van der Waals surface area contributed by atoms with Gasteiger partial charge < -0.3 is 15.2 Å². The Morgan fingerprint density at radius 1 is 1.00 bits per heavy atom. The minimum absolute atomic E-state index is 0.0553. The molecule has 0 radical (unpaired) electrons. The first-order valence-corrected chi connectivity index (χ1v) is 11.1. The van der Waals surface area contributed by atoms with Gasteiger partial charge in [-0.2, -0.15) is 0 Å². The van der Waals surface area contributed by atoms with Crippen LogP contribution in [0.2, 0.25) is 0 Å². The van der Waals surface area contributed by atoms with Gasteiger partial charge in [0, 0.05) is 35.2 Å². The number of hydrogen-bond acceptors (Lipinski definition) is 4. The number of ether oxygens (including phenoxy) is 1. The second-order valence-electron chi connectivity index (χ2n) is 7.42. The Labute approximate surface area is 186 Å². The largest absolute Gasteiger partial charge is 0.392 e. The number of rotatable bonds is 8. The maximum Gasteiger partial charge on any atom is 0.251 e. The van der Waals surface area contributed by atoms with E-state index in [9.17, 15) is 9.90 Å². The summed E-state index contributed by atoms with van der Waals surface area (Å²) in [6.45, 7) is 1.03. The lowest BCUT2D eigenvalue weighted by atomic mass is 10.0. The normalized spacial score (nSPS) is 11.0. The van der Waals surface area contributed by atoms with Gasteiger partial charge in [0.1, 0.15) is 0 Å². The molecule has 0 fully saturated rings. The Bertz CT molecular complexity index is 1200. The van der Waals surface area contributed by atoms with Crippen LogP contribution in [0, 0.1) is 0 Å². The molecule has 0 unspecified atom stereocenters. The van der Waals surface area contributed by atoms with Crippen molar-refractivity contribution in [1.82, 2.24) is 5.32 Å². The first kappa shape index (κ1) is 21.2. The van der Waals surface area contributed by atoms with E-state index < -0.39 is 0 Å². The Kier molecular flexibility index (Phi) is 6.77. The fourth-order valence-electron chi connectivity index (χ4n) is 3.67. The van der Waals surface area contributed by atoms with Crippen molar-refractivity contribution in [3.05, 3.63) is 94.4 Å². The highest BCUT2D eigenvalue weighted by Gasteiger charge is 2.11. The van der Waals surface area contributed by atoms with Crippen LogP contribution in [0.5, 0.6) is 0 Å². The molecule has 1 heterocycles. The number of benzene rings is 3. The second kappa shape index (κ2) is 9.88. The summed E-state index contributed by atoms with van der Waals surface area (Å²) in [5, 5.41) is 13.5. The average molecular weight is 432 g/mol. The summed E-state index contributed by atoms with van der Waals surface area (Å²) in [5.41, 5.74) is 4.92. The van der Waals surface area contributed by atoms with Gasteiger partial charge in [-0.3, -0.25) is 4.79 Å². The van der Waals surface area contributed by atoms with Crippen molar-refractivity contribution in [2.75, 3.05) is 20.3 Å². The van der Waals surface area contributed by atoms with Crippen molar-refractivity contribution >= 4 is 27.3 Å². The third-order valence-corrected chi connectivity index (χ3v) is 6.36. The number of nitrogens with one attached hydrogen (secondary N) is 1. The third kappa shape index (κ3) is 5.02. The van der Waals surface area contributed by atoms with Crippen LogP contribution in [0.4, 0.5) is 0 Å². The second-order valence-corrected chi connectivity index (χ2v) is 8.56. The predicted molar refractivity (Wildman–Crippen MR) is 127 cm³/mol. The molecule has 0 aliphatic carbocycles. The topological polar surface area (TPSA) is 58.6 Å². The van der Waals surface area contributed by atoms with Gasteiger partial charge in [0.25, 0.3) is 5.91 Å². The smallest absolute Gasteiger partial charge is 0.251 e. The van der Waals surface area contributed by atoms with Crippen molar-refractivity contribution in [3.8, 4) is 11.1 Å². The maximum atomic E-state index is 12.4. The fourth-order valence-corrected chi connectivity index (χ4v) is 4.89. The lowest BCUT2D eigenvalue weighted by molar-refractivity contribution is 0.0937. The van der Waals surface area contributed by atoms with Crippen molar-refractivity contribution in [1.29, 1.82) is 0 Å². The molecular weight excluding hydrogens is 406 g/mol. The molecule has 0 aliphatic heterocycles. The van der Waals surface area contributed by atoms with Crippen LogP contribution >= 0.6 is 11.3 Å². The van der Waals surface area contributed by atoms with Crippen LogP contribution in [0.3, 0.4) is 0 Å². The van der Waals surface area contributed by atoms with Gasteiger partial charge in [-0.05, 0) is 45.8 Å². The van der Waals surface area contributed by atoms with Crippen LogP contribution in [-0.4, -0.2) is 31.3 Å². The molecule has 158 valence electrons. The summed E-state index contributed by atoms with van der Waals surface area (Å²) in [6, 6.07) is 24.4. The summed E-state index contributed by atoms with van der Waals surface area (Å²) < 4.78 is 6.22. The zero-order valence-electron chi connectivity index (χ0n) is 17.4. The molecule has 0 spiro atoms. The van der Waals surface area contributed by atoms with Gasteiger partial charge in [0.15, 0.2) is 0 Å². The van der Waals surface area contributed by atoms with Crippen LogP contribution in [0.1, 0.15) is 26.4 Å². The molecule has 0 aliphatic rings. The summed E-state index contributed by atoms with van der Waals surface area (Å²) in [4.78, 5) is 13.7. The number of carbonyl (C=O) groups excluding carboxylic acids is 1. The van der Waals surface area contributed by atoms with Gasteiger partial charge in [0.2, 0.25) is 0 Å². The standard InChI is InChI=1S/C26H25NO3S/c1-30-12-11-27-26(29)22-9-3-7-20(15-22)24-10-4-8-21-16-23(31-25(21)24)14-18-5-2-6-19(13-18)17-28/h2-10,13,15-16,28H,11-12,14,17H2,1H3,(H,27,29). The van der Waals surface area contributed by atoms with E-state index in [-0.39, 0.29) is 12.5 Å². The highest BCUT2D eigenvalue weighted by molar-refractivity contribution is 7.19. The fraction of sp³-hybridized carbons (Fsp3) is 0.192. The number of methoxy groups -OCH3 is 1. The number of amides is 1. The van der Waals surface area contributed by atoms with Crippen LogP contribution < -0.4 is 5.32 Å². The van der Waals surface area contributed by atoms with E-state index in [1.54, 1.807) is 18.4 Å². The Balaban J connectivity index is 1.63. The quantitative estimate of drug-likeness (QED) is 0.385. The number of hydrogen-bond donors (Lipinski definition) is 2. The molecule has 4 rings (SSSR count). The average Bonchev–Trinajstić information content (AvgIpc) is 3.21. The summed E-state index contributed by atoms with van der Waals surface area (Å²) in [5.74, 6) is -0.0956. The minimum Gasteiger partial charge on any atom is -0.392 e. The Morgan fingerprint density at radius 2 is 1.81 bits per heavy atom. The molecule has 0 saturated heterocycles. The molecule has 2 N–H and O–H groups in total. The molecule has 0 saturated carbocycles. The lowest BCUT2D eigenvalue weighted by Crippen LogP contribution is -2.26. The number of aliphatic hydroxyl groups is 1. The minimum atomic E-state index is -0.0956. The van der Waals surface area contributed by atoms with E-state index in [0.717, 1.165) is 23.1 Å². The number of carbonyl (C=O) groups is 1.